The van der Waals surface area contributed by atoms with Crippen molar-refractivity contribution in [3.05, 3.63) is 29.3 Å². The predicted molar refractivity (Wildman–Crippen MR) is 67.9 cm³/mol. The van der Waals surface area contributed by atoms with Gasteiger partial charge >= 0.3 is 0 Å². The summed E-state index contributed by atoms with van der Waals surface area (Å²) in [6, 6.07) is 6.09. The molecule has 3 unspecified atom stereocenters. The minimum Gasteiger partial charge on any atom is -0.323 e. The Bertz CT molecular complexity index is 448. The lowest BCUT2D eigenvalue weighted by Gasteiger charge is -2.20. The third-order valence-electron chi connectivity index (χ3n) is 3.30. The molecule has 2 N–H and O–H groups in total. The number of fused-ring (bicyclic) bond motifs is 1. The molecule has 0 aliphatic carbocycles. The molecule has 3 atom stereocenters. The van der Waals surface area contributed by atoms with E-state index in [-0.39, 0.29) is 16.7 Å². The summed E-state index contributed by atoms with van der Waals surface area (Å²) >= 11 is 0. The molecule has 3 heteroatoms. The molecule has 0 aromatic heterocycles. The molecule has 0 saturated heterocycles. The molecule has 0 bridgehead atoms. The zero-order valence-electron chi connectivity index (χ0n) is 10.3. The summed E-state index contributed by atoms with van der Waals surface area (Å²) in [5.74, 6) is 0. The van der Waals surface area contributed by atoms with Gasteiger partial charge in [0.15, 0.2) is 0 Å². The van der Waals surface area contributed by atoms with Crippen molar-refractivity contribution >= 4 is 10.8 Å². The van der Waals surface area contributed by atoms with E-state index in [9.17, 15) is 4.21 Å². The monoisotopic (exact) mass is 237 g/mol. The maximum Gasteiger partial charge on any atom is 0.0580 e. The van der Waals surface area contributed by atoms with Crippen molar-refractivity contribution in [2.75, 3.05) is 0 Å². The molecule has 0 saturated carbocycles. The third kappa shape index (κ3) is 1.72. The van der Waals surface area contributed by atoms with Gasteiger partial charge in [-0.2, -0.15) is 0 Å². The fourth-order valence-electron chi connectivity index (χ4n) is 2.04. The van der Waals surface area contributed by atoms with Crippen LogP contribution in [0.4, 0.5) is 0 Å². The fraction of sp³-hybridized carbons (Fsp3) is 0.538. The highest BCUT2D eigenvalue weighted by Crippen LogP contribution is 2.37. The zero-order chi connectivity index (χ0) is 12.1. The van der Waals surface area contributed by atoms with Gasteiger partial charge in [0, 0.05) is 10.9 Å². The van der Waals surface area contributed by atoms with Gasteiger partial charge in [-0.1, -0.05) is 32.9 Å². The van der Waals surface area contributed by atoms with Gasteiger partial charge in [-0.15, -0.1) is 0 Å². The van der Waals surface area contributed by atoms with Crippen molar-refractivity contribution in [2.24, 2.45) is 5.73 Å². The van der Waals surface area contributed by atoms with Crippen molar-refractivity contribution in [3.8, 4) is 0 Å². The molecule has 1 aliphatic rings. The van der Waals surface area contributed by atoms with Crippen LogP contribution in [0.5, 0.6) is 0 Å². The Balaban J connectivity index is 2.54. The van der Waals surface area contributed by atoms with Crippen molar-refractivity contribution < 1.29 is 4.21 Å². The molecule has 2 rings (SSSR count). The van der Waals surface area contributed by atoms with Gasteiger partial charge in [0.1, 0.15) is 0 Å². The Kier molecular flexibility index (Phi) is 2.71. The van der Waals surface area contributed by atoms with E-state index in [1.165, 1.54) is 5.56 Å². The van der Waals surface area contributed by atoms with Crippen molar-refractivity contribution in [2.45, 2.75) is 49.3 Å². The molecular formula is C13H19NOS. The van der Waals surface area contributed by atoms with Crippen LogP contribution < -0.4 is 5.73 Å². The highest BCUT2D eigenvalue weighted by atomic mass is 32.2. The molecule has 1 heterocycles. The SMILES string of the molecule is CC1C(N)c2cc(C(C)(C)C)ccc2S1=O. The smallest absolute Gasteiger partial charge is 0.0580 e. The Hall–Kier alpha value is -0.670. The molecule has 16 heavy (non-hydrogen) atoms. The van der Waals surface area contributed by atoms with Crippen LogP contribution in [0.15, 0.2) is 23.1 Å². The average Bonchev–Trinajstić information content (AvgIpc) is 2.43. The van der Waals surface area contributed by atoms with Crippen LogP contribution in [0.2, 0.25) is 0 Å². The van der Waals surface area contributed by atoms with Crippen LogP contribution in [0.25, 0.3) is 0 Å². The average molecular weight is 237 g/mol. The standard InChI is InChI=1S/C13H19NOS/c1-8-12(14)10-7-9(13(2,3)4)5-6-11(10)16(8)15/h5-8,12H,14H2,1-4H3. The van der Waals surface area contributed by atoms with E-state index in [0.29, 0.717) is 0 Å². The summed E-state index contributed by atoms with van der Waals surface area (Å²) in [6.45, 7) is 8.48. The second-order valence-electron chi connectivity index (χ2n) is 5.53. The third-order valence-corrected chi connectivity index (χ3v) is 5.07. The summed E-state index contributed by atoms with van der Waals surface area (Å²) in [7, 11) is -0.933. The highest BCUT2D eigenvalue weighted by Gasteiger charge is 2.34. The summed E-state index contributed by atoms with van der Waals surface area (Å²) in [4.78, 5) is 0.924. The van der Waals surface area contributed by atoms with Crippen molar-refractivity contribution in [1.82, 2.24) is 0 Å². The van der Waals surface area contributed by atoms with Gasteiger partial charge in [-0.05, 0) is 29.5 Å². The maximum absolute atomic E-state index is 12.0. The van der Waals surface area contributed by atoms with Gasteiger partial charge in [-0.25, -0.2) is 0 Å². The molecule has 1 aromatic rings. The first-order valence-electron chi connectivity index (χ1n) is 5.63. The van der Waals surface area contributed by atoms with Gasteiger partial charge < -0.3 is 5.73 Å². The van der Waals surface area contributed by atoms with Gasteiger partial charge in [0.25, 0.3) is 0 Å². The lowest BCUT2D eigenvalue weighted by atomic mass is 9.85. The number of hydrogen-bond donors (Lipinski definition) is 1. The molecule has 0 spiro atoms. The Morgan fingerprint density at radius 3 is 2.50 bits per heavy atom. The lowest BCUT2D eigenvalue weighted by molar-refractivity contribution is 0.586. The van der Waals surface area contributed by atoms with E-state index < -0.39 is 10.8 Å². The van der Waals surface area contributed by atoms with E-state index in [4.69, 9.17) is 5.73 Å². The van der Waals surface area contributed by atoms with Gasteiger partial charge in [0.05, 0.1) is 16.0 Å². The number of rotatable bonds is 0. The van der Waals surface area contributed by atoms with Crippen molar-refractivity contribution in [1.29, 1.82) is 0 Å². The van der Waals surface area contributed by atoms with E-state index in [1.807, 2.05) is 13.0 Å². The summed E-state index contributed by atoms with van der Waals surface area (Å²) < 4.78 is 12.0. The maximum atomic E-state index is 12.0. The number of benzene rings is 1. The Labute approximate surface area is 99.7 Å². The number of hydrogen-bond acceptors (Lipinski definition) is 2. The largest absolute Gasteiger partial charge is 0.323 e. The van der Waals surface area contributed by atoms with Crippen LogP contribution in [0.3, 0.4) is 0 Å². The van der Waals surface area contributed by atoms with Gasteiger partial charge in [0.2, 0.25) is 0 Å². The van der Waals surface area contributed by atoms with Crippen LogP contribution in [0, 0.1) is 0 Å². The van der Waals surface area contributed by atoms with Gasteiger partial charge in [-0.3, -0.25) is 4.21 Å². The molecule has 0 fully saturated rings. The van der Waals surface area contributed by atoms with E-state index >= 15 is 0 Å². The van der Waals surface area contributed by atoms with Crippen LogP contribution in [-0.4, -0.2) is 9.46 Å². The summed E-state index contributed by atoms with van der Waals surface area (Å²) in [5.41, 5.74) is 8.54. The fourth-order valence-corrected chi connectivity index (χ4v) is 3.49. The first-order valence-corrected chi connectivity index (χ1v) is 6.84. The first-order chi connectivity index (χ1) is 7.32. The molecule has 88 valence electrons. The van der Waals surface area contributed by atoms with Crippen LogP contribution >= 0.6 is 0 Å². The second kappa shape index (κ2) is 3.67. The molecule has 0 amide bonds. The number of nitrogens with two attached hydrogens (primary N) is 1. The lowest BCUT2D eigenvalue weighted by Crippen LogP contribution is -2.20. The van der Waals surface area contributed by atoms with E-state index in [2.05, 4.69) is 32.9 Å². The minimum absolute atomic E-state index is 0.0326. The summed E-state index contributed by atoms with van der Waals surface area (Å²) in [5, 5.41) is 0.0326. The highest BCUT2D eigenvalue weighted by molar-refractivity contribution is 7.86. The van der Waals surface area contributed by atoms with Crippen LogP contribution in [0.1, 0.15) is 44.9 Å². The van der Waals surface area contributed by atoms with E-state index in [0.717, 1.165) is 10.5 Å². The minimum atomic E-state index is -0.933. The Morgan fingerprint density at radius 2 is 1.94 bits per heavy atom. The Morgan fingerprint density at radius 1 is 1.31 bits per heavy atom. The van der Waals surface area contributed by atoms with Crippen LogP contribution in [-0.2, 0) is 16.2 Å². The second-order valence-corrected chi connectivity index (χ2v) is 7.31. The van der Waals surface area contributed by atoms with Crippen molar-refractivity contribution in [3.63, 3.8) is 0 Å². The molecular weight excluding hydrogens is 218 g/mol. The van der Waals surface area contributed by atoms with E-state index in [1.54, 1.807) is 0 Å². The molecule has 2 nitrogen and oxygen atoms in total. The summed E-state index contributed by atoms with van der Waals surface area (Å²) in [6.07, 6.45) is 0. The predicted octanol–water partition coefficient (Wildman–Crippen LogP) is 2.49. The molecule has 1 aliphatic heterocycles. The zero-order valence-corrected chi connectivity index (χ0v) is 11.1. The molecule has 0 radical (unpaired) electrons. The normalized spacial score (nSPS) is 29.2. The molecule has 1 aromatic carbocycles. The first kappa shape index (κ1) is 11.8. The quantitative estimate of drug-likeness (QED) is 0.753. The topological polar surface area (TPSA) is 43.1 Å².